The van der Waals surface area contributed by atoms with Gasteiger partial charge in [0.25, 0.3) is 0 Å². The first kappa shape index (κ1) is 13.5. The molecule has 0 radical (unpaired) electrons. The standard InChI is InChI=1S/C14H19NO2/c1-4-10-15-13(14(16)17-3)12-9-7-6-8-11(12)5-2/h4,6-9,13,15H,1,5,10H2,2-3H3. The van der Waals surface area contributed by atoms with Crippen LogP contribution in [-0.4, -0.2) is 19.6 Å². The van der Waals surface area contributed by atoms with Gasteiger partial charge in [0.05, 0.1) is 7.11 Å². The number of methoxy groups -OCH3 is 1. The first-order valence-corrected chi connectivity index (χ1v) is 5.74. The van der Waals surface area contributed by atoms with Gasteiger partial charge in [0, 0.05) is 6.54 Å². The normalized spacial score (nSPS) is 11.9. The van der Waals surface area contributed by atoms with Gasteiger partial charge in [-0.15, -0.1) is 6.58 Å². The Hall–Kier alpha value is -1.61. The number of ether oxygens (including phenoxy) is 1. The van der Waals surface area contributed by atoms with Gasteiger partial charge in [-0.25, -0.2) is 4.79 Å². The monoisotopic (exact) mass is 233 g/mol. The summed E-state index contributed by atoms with van der Waals surface area (Å²) in [5.41, 5.74) is 2.13. The van der Waals surface area contributed by atoms with Crippen LogP contribution in [0, 0.1) is 0 Å². The lowest BCUT2D eigenvalue weighted by atomic mass is 9.98. The van der Waals surface area contributed by atoms with Crippen molar-refractivity contribution in [3.05, 3.63) is 48.0 Å². The van der Waals surface area contributed by atoms with E-state index in [-0.39, 0.29) is 5.97 Å². The highest BCUT2D eigenvalue weighted by atomic mass is 16.5. The van der Waals surface area contributed by atoms with Gasteiger partial charge in [-0.05, 0) is 17.5 Å². The number of benzene rings is 1. The van der Waals surface area contributed by atoms with Crippen LogP contribution in [0.3, 0.4) is 0 Å². The second-order valence-corrected chi connectivity index (χ2v) is 3.71. The molecule has 0 aliphatic heterocycles. The van der Waals surface area contributed by atoms with Crippen LogP contribution in [0.2, 0.25) is 0 Å². The Bertz CT molecular complexity index is 388. The molecule has 0 aliphatic rings. The minimum atomic E-state index is -0.422. The molecule has 0 bridgehead atoms. The molecule has 1 N–H and O–H groups in total. The van der Waals surface area contributed by atoms with E-state index in [9.17, 15) is 4.79 Å². The van der Waals surface area contributed by atoms with E-state index in [1.807, 2.05) is 24.3 Å². The average Bonchev–Trinajstić information content (AvgIpc) is 2.39. The third-order valence-electron chi connectivity index (χ3n) is 2.65. The first-order chi connectivity index (χ1) is 8.24. The van der Waals surface area contributed by atoms with Crippen molar-refractivity contribution >= 4 is 5.97 Å². The second-order valence-electron chi connectivity index (χ2n) is 3.71. The van der Waals surface area contributed by atoms with Crippen LogP contribution in [0.5, 0.6) is 0 Å². The molecule has 0 spiro atoms. The lowest BCUT2D eigenvalue weighted by molar-refractivity contribution is -0.143. The van der Waals surface area contributed by atoms with Crippen LogP contribution in [0.25, 0.3) is 0 Å². The van der Waals surface area contributed by atoms with Crippen molar-refractivity contribution in [2.75, 3.05) is 13.7 Å². The Morgan fingerprint density at radius 3 is 2.82 bits per heavy atom. The van der Waals surface area contributed by atoms with Crippen LogP contribution in [0.15, 0.2) is 36.9 Å². The quantitative estimate of drug-likeness (QED) is 0.605. The highest BCUT2D eigenvalue weighted by molar-refractivity contribution is 5.78. The lowest BCUT2D eigenvalue weighted by Gasteiger charge is -2.18. The number of hydrogen-bond acceptors (Lipinski definition) is 3. The van der Waals surface area contributed by atoms with Gasteiger partial charge in [0.15, 0.2) is 0 Å². The van der Waals surface area contributed by atoms with E-state index in [2.05, 4.69) is 18.8 Å². The Morgan fingerprint density at radius 2 is 2.24 bits per heavy atom. The van der Waals surface area contributed by atoms with Gasteiger partial charge in [-0.3, -0.25) is 5.32 Å². The Morgan fingerprint density at radius 1 is 1.53 bits per heavy atom. The number of aryl methyl sites for hydroxylation is 1. The van der Waals surface area contributed by atoms with E-state index in [1.54, 1.807) is 6.08 Å². The summed E-state index contributed by atoms with van der Waals surface area (Å²) in [6, 6.07) is 7.47. The van der Waals surface area contributed by atoms with E-state index in [0.29, 0.717) is 6.54 Å². The maximum Gasteiger partial charge on any atom is 0.327 e. The third-order valence-corrected chi connectivity index (χ3v) is 2.65. The van der Waals surface area contributed by atoms with Crippen molar-refractivity contribution in [2.45, 2.75) is 19.4 Å². The van der Waals surface area contributed by atoms with Crippen molar-refractivity contribution in [3.8, 4) is 0 Å². The molecule has 0 amide bonds. The molecule has 1 rings (SSSR count). The maximum absolute atomic E-state index is 11.8. The molecule has 1 aromatic rings. The molecular formula is C14H19NO2. The molecule has 1 atom stereocenters. The van der Waals surface area contributed by atoms with Crippen molar-refractivity contribution in [1.29, 1.82) is 0 Å². The van der Waals surface area contributed by atoms with E-state index in [1.165, 1.54) is 7.11 Å². The Labute approximate surface area is 102 Å². The molecule has 3 heteroatoms. The number of carbonyl (C=O) groups is 1. The molecule has 1 aromatic carbocycles. The van der Waals surface area contributed by atoms with Gasteiger partial charge in [-0.2, -0.15) is 0 Å². The predicted molar refractivity (Wildman–Crippen MR) is 68.8 cm³/mol. The van der Waals surface area contributed by atoms with Crippen molar-refractivity contribution in [2.24, 2.45) is 0 Å². The summed E-state index contributed by atoms with van der Waals surface area (Å²) in [6.45, 7) is 6.28. The smallest absolute Gasteiger partial charge is 0.327 e. The van der Waals surface area contributed by atoms with Crippen molar-refractivity contribution in [3.63, 3.8) is 0 Å². The molecule has 3 nitrogen and oxygen atoms in total. The van der Waals surface area contributed by atoms with Gasteiger partial charge in [0.2, 0.25) is 0 Å². The topological polar surface area (TPSA) is 38.3 Å². The predicted octanol–water partition coefficient (Wildman–Crippen LogP) is 2.24. The number of carbonyl (C=O) groups excluding carboxylic acids is 1. The third kappa shape index (κ3) is 3.43. The number of nitrogens with one attached hydrogen (secondary N) is 1. The highest BCUT2D eigenvalue weighted by Crippen LogP contribution is 2.19. The summed E-state index contributed by atoms with van der Waals surface area (Å²) >= 11 is 0. The van der Waals surface area contributed by atoms with Gasteiger partial charge >= 0.3 is 5.97 Å². The molecule has 0 heterocycles. The van der Waals surface area contributed by atoms with E-state index in [4.69, 9.17) is 4.74 Å². The minimum Gasteiger partial charge on any atom is -0.468 e. The largest absolute Gasteiger partial charge is 0.468 e. The maximum atomic E-state index is 11.8. The van der Waals surface area contributed by atoms with Crippen LogP contribution in [0.1, 0.15) is 24.1 Å². The van der Waals surface area contributed by atoms with Crippen LogP contribution in [0.4, 0.5) is 0 Å². The molecule has 0 fully saturated rings. The molecule has 17 heavy (non-hydrogen) atoms. The van der Waals surface area contributed by atoms with Crippen molar-refractivity contribution in [1.82, 2.24) is 5.32 Å². The fourth-order valence-electron chi connectivity index (χ4n) is 1.78. The SMILES string of the molecule is C=CCNC(C(=O)OC)c1ccccc1CC. The molecule has 1 unspecified atom stereocenters. The zero-order chi connectivity index (χ0) is 12.7. The van der Waals surface area contributed by atoms with Crippen LogP contribution < -0.4 is 5.32 Å². The fourth-order valence-corrected chi connectivity index (χ4v) is 1.78. The summed E-state index contributed by atoms with van der Waals surface area (Å²) in [6.07, 6.45) is 2.62. The fraction of sp³-hybridized carbons (Fsp3) is 0.357. The lowest BCUT2D eigenvalue weighted by Crippen LogP contribution is -2.30. The summed E-state index contributed by atoms with van der Waals surface area (Å²) in [4.78, 5) is 11.8. The average molecular weight is 233 g/mol. The molecule has 92 valence electrons. The van der Waals surface area contributed by atoms with Gasteiger partial charge < -0.3 is 4.74 Å². The number of hydrogen-bond donors (Lipinski definition) is 1. The summed E-state index contributed by atoms with van der Waals surface area (Å²) in [7, 11) is 1.40. The minimum absolute atomic E-state index is 0.271. The van der Waals surface area contributed by atoms with Gasteiger partial charge in [0.1, 0.15) is 6.04 Å². The molecule has 0 aromatic heterocycles. The van der Waals surface area contributed by atoms with E-state index in [0.717, 1.165) is 17.5 Å². The van der Waals surface area contributed by atoms with E-state index < -0.39 is 6.04 Å². The molecule has 0 saturated heterocycles. The van der Waals surface area contributed by atoms with Crippen LogP contribution in [-0.2, 0) is 16.0 Å². The zero-order valence-corrected chi connectivity index (χ0v) is 10.4. The highest BCUT2D eigenvalue weighted by Gasteiger charge is 2.22. The van der Waals surface area contributed by atoms with Crippen LogP contribution >= 0.6 is 0 Å². The van der Waals surface area contributed by atoms with Crippen molar-refractivity contribution < 1.29 is 9.53 Å². The Kier molecular flexibility index (Phi) is 5.43. The second kappa shape index (κ2) is 6.86. The summed E-state index contributed by atoms with van der Waals surface area (Å²) < 4.78 is 4.83. The Balaban J connectivity index is 3.02. The van der Waals surface area contributed by atoms with E-state index >= 15 is 0 Å². The zero-order valence-electron chi connectivity index (χ0n) is 10.4. The number of rotatable bonds is 6. The molecular weight excluding hydrogens is 214 g/mol. The summed E-state index contributed by atoms with van der Waals surface area (Å²) in [5.74, 6) is -0.271. The van der Waals surface area contributed by atoms with Gasteiger partial charge in [-0.1, -0.05) is 37.3 Å². The summed E-state index contributed by atoms with van der Waals surface area (Å²) in [5, 5.41) is 3.12. The first-order valence-electron chi connectivity index (χ1n) is 5.74. The molecule has 0 aliphatic carbocycles. The number of esters is 1. The molecule has 0 saturated carbocycles.